The quantitative estimate of drug-likeness (QED) is 0.614. The van der Waals surface area contributed by atoms with Crippen molar-refractivity contribution in [2.24, 2.45) is 5.73 Å². The summed E-state index contributed by atoms with van der Waals surface area (Å²) in [7, 11) is 0. The van der Waals surface area contributed by atoms with Gasteiger partial charge in [0, 0.05) is 12.6 Å². The van der Waals surface area contributed by atoms with Crippen molar-refractivity contribution >= 4 is 0 Å². The van der Waals surface area contributed by atoms with Crippen LogP contribution in [0.25, 0.3) is 0 Å². The molecule has 0 spiro atoms. The first-order valence-electron chi connectivity index (χ1n) is 4.03. The van der Waals surface area contributed by atoms with E-state index in [-0.39, 0.29) is 12.1 Å². The second-order valence-corrected chi connectivity index (χ2v) is 3.02. The highest BCUT2D eigenvalue weighted by Gasteiger charge is 2.29. The van der Waals surface area contributed by atoms with Gasteiger partial charge in [-0.3, -0.25) is 5.10 Å². The molecular weight excluding hydrogens is 156 g/mol. The average Bonchev–Trinajstić information content (AvgIpc) is 2.58. The van der Waals surface area contributed by atoms with E-state index in [1.807, 2.05) is 6.92 Å². The van der Waals surface area contributed by atoms with Crippen LogP contribution in [0.15, 0.2) is 0 Å². The van der Waals surface area contributed by atoms with E-state index < -0.39 is 0 Å². The fourth-order valence-corrected chi connectivity index (χ4v) is 1.36. The minimum absolute atomic E-state index is 0.0419. The predicted molar refractivity (Wildman–Crippen MR) is 42.4 cm³/mol. The Kier molecular flexibility index (Phi) is 1.82. The number of nitrogens with zero attached hydrogens (tertiary/aromatic N) is 2. The maximum Gasteiger partial charge on any atom is 0.180 e. The van der Waals surface area contributed by atoms with Crippen LogP contribution < -0.4 is 5.73 Å². The smallest absolute Gasteiger partial charge is 0.180 e. The molecule has 0 aromatic carbocycles. The third-order valence-corrected chi connectivity index (χ3v) is 2.01. The van der Waals surface area contributed by atoms with E-state index in [4.69, 9.17) is 10.5 Å². The van der Waals surface area contributed by atoms with Gasteiger partial charge >= 0.3 is 0 Å². The van der Waals surface area contributed by atoms with Gasteiger partial charge in [-0.25, -0.2) is 4.98 Å². The molecule has 3 N–H and O–H groups in total. The van der Waals surface area contributed by atoms with Crippen LogP contribution in [0.3, 0.4) is 0 Å². The van der Waals surface area contributed by atoms with Gasteiger partial charge in [-0.1, -0.05) is 0 Å². The van der Waals surface area contributed by atoms with Crippen LogP contribution in [-0.2, 0) is 4.74 Å². The summed E-state index contributed by atoms with van der Waals surface area (Å²) in [5, 5.41) is 6.78. The number of nitrogens with two attached hydrogens (primary N) is 1. The zero-order valence-electron chi connectivity index (χ0n) is 6.95. The van der Waals surface area contributed by atoms with Crippen molar-refractivity contribution in [2.45, 2.75) is 25.5 Å². The molecule has 0 bridgehead atoms. The molecule has 0 radical (unpaired) electrons. The molecule has 1 aromatic heterocycles. The third kappa shape index (κ3) is 1.21. The van der Waals surface area contributed by atoms with Gasteiger partial charge in [-0.15, -0.1) is 0 Å². The highest BCUT2D eigenvalue weighted by atomic mass is 16.5. The van der Waals surface area contributed by atoms with Crippen LogP contribution >= 0.6 is 0 Å². The summed E-state index contributed by atoms with van der Waals surface area (Å²) in [5.41, 5.74) is 5.80. The second kappa shape index (κ2) is 2.84. The average molecular weight is 168 g/mol. The minimum Gasteiger partial charge on any atom is -0.368 e. The van der Waals surface area contributed by atoms with Crippen LogP contribution in [-0.4, -0.2) is 27.8 Å². The minimum atomic E-state index is -0.116. The van der Waals surface area contributed by atoms with Crippen molar-refractivity contribution < 1.29 is 4.74 Å². The van der Waals surface area contributed by atoms with Crippen molar-refractivity contribution in [3.05, 3.63) is 11.6 Å². The maximum atomic E-state index is 5.80. The summed E-state index contributed by atoms with van der Waals surface area (Å²) in [4.78, 5) is 4.17. The molecule has 1 aliphatic heterocycles. The van der Waals surface area contributed by atoms with Crippen molar-refractivity contribution in [3.8, 4) is 0 Å². The maximum absolute atomic E-state index is 5.80. The number of nitrogens with one attached hydrogen (secondary N) is 1. The lowest BCUT2D eigenvalue weighted by Crippen LogP contribution is -2.24. The molecule has 0 amide bonds. The highest BCUT2D eigenvalue weighted by molar-refractivity contribution is 4.98. The molecule has 2 atom stereocenters. The summed E-state index contributed by atoms with van der Waals surface area (Å²) in [5.74, 6) is 1.48. The first-order chi connectivity index (χ1) is 5.77. The standard InChI is InChI=1S/C7H12N4O/c1-4-9-7(11-10-4)6-5(8)2-3-12-6/h5-6H,2-3,8H2,1H3,(H,9,10,11)/t5-,6+/m1/s1. The third-order valence-electron chi connectivity index (χ3n) is 2.01. The number of aromatic amines is 1. The monoisotopic (exact) mass is 168 g/mol. The van der Waals surface area contributed by atoms with E-state index in [9.17, 15) is 0 Å². The van der Waals surface area contributed by atoms with Crippen molar-refractivity contribution in [3.63, 3.8) is 0 Å². The Morgan fingerprint density at radius 1 is 1.67 bits per heavy atom. The molecule has 1 aromatic rings. The van der Waals surface area contributed by atoms with E-state index in [2.05, 4.69) is 15.2 Å². The van der Waals surface area contributed by atoms with Crippen LogP contribution in [0.4, 0.5) is 0 Å². The molecule has 12 heavy (non-hydrogen) atoms. The first-order valence-corrected chi connectivity index (χ1v) is 4.03. The Labute approximate surface area is 70.3 Å². The summed E-state index contributed by atoms with van der Waals surface area (Å²) >= 11 is 0. The molecule has 1 saturated heterocycles. The predicted octanol–water partition coefficient (Wildman–Crippen LogP) is -0.0982. The van der Waals surface area contributed by atoms with Crippen LogP contribution in [0.1, 0.15) is 24.2 Å². The largest absolute Gasteiger partial charge is 0.368 e. The zero-order chi connectivity index (χ0) is 8.55. The van der Waals surface area contributed by atoms with E-state index >= 15 is 0 Å². The molecule has 1 aliphatic rings. The zero-order valence-corrected chi connectivity index (χ0v) is 6.95. The van der Waals surface area contributed by atoms with Crippen LogP contribution in [0, 0.1) is 6.92 Å². The van der Waals surface area contributed by atoms with Gasteiger partial charge in [-0.2, -0.15) is 5.10 Å². The van der Waals surface area contributed by atoms with E-state index in [1.165, 1.54) is 0 Å². The number of H-pyrrole nitrogens is 1. The Morgan fingerprint density at radius 2 is 2.50 bits per heavy atom. The summed E-state index contributed by atoms with van der Waals surface area (Å²) < 4.78 is 5.39. The molecule has 5 heteroatoms. The summed E-state index contributed by atoms with van der Waals surface area (Å²) in [6.07, 6.45) is 0.771. The van der Waals surface area contributed by atoms with Gasteiger partial charge in [-0.05, 0) is 13.3 Å². The molecule has 0 unspecified atom stereocenters. The molecule has 0 aliphatic carbocycles. The fourth-order valence-electron chi connectivity index (χ4n) is 1.36. The molecule has 66 valence electrons. The molecule has 1 fully saturated rings. The first kappa shape index (κ1) is 7.70. The van der Waals surface area contributed by atoms with Crippen molar-refractivity contribution in [2.75, 3.05) is 6.61 Å². The highest BCUT2D eigenvalue weighted by Crippen LogP contribution is 2.24. The van der Waals surface area contributed by atoms with Gasteiger partial charge in [0.25, 0.3) is 0 Å². The SMILES string of the molecule is Cc1nc([C@H]2OCC[C@H]2N)n[nH]1. The number of hydrogen-bond donors (Lipinski definition) is 2. The number of aryl methyl sites for hydroxylation is 1. The lowest BCUT2D eigenvalue weighted by Gasteiger charge is -2.08. The van der Waals surface area contributed by atoms with E-state index in [0.717, 1.165) is 12.2 Å². The topological polar surface area (TPSA) is 76.8 Å². The molecule has 0 saturated carbocycles. The molecular formula is C7H12N4O. The fraction of sp³-hybridized carbons (Fsp3) is 0.714. The van der Waals surface area contributed by atoms with E-state index in [0.29, 0.717) is 12.4 Å². The Balaban J connectivity index is 2.19. The summed E-state index contributed by atoms with van der Waals surface area (Å²) in [6, 6.07) is 0.0419. The van der Waals surface area contributed by atoms with Gasteiger partial charge in [0.05, 0.1) is 0 Å². The van der Waals surface area contributed by atoms with Gasteiger partial charge in [0.15, 0.2) is 5.82 Å². The lowest BCUT2D eigenvalue weighted by atomic mass is 10.1. The van der Waals surface area contributed by atoms with Gasteiger partial charge in [0.1, 0.15) is 11.9 Å². The normalized spacial score (nSPS) is 29.5. The number of aromatic nitrogens is 3. The van der Waals surface area contributed by atoms with Gasteiger partial charge < -0.3 is 10.5 Å². The van der Waals surface area contributed by atoms with Gasteiger partial charge in [0.2, 0.25) is 0 Å². The molecule has 2 heterocycles. The van der Waals surface area contributed by atoms with Crippen LogP contribution in [0.2, 0.25) is 0 Å². The lowest BCUT2D eigenvalue weighted by molar-refractivity contribution is 0.0981. The van der Waals surface area contributed by atoms with Crippen LogP contribution in [0.5, 0.6) is 0 Å². The number of hydrogen-bond acceptors (Lipinski definition) is 4. The second-order valence-electron chi connectivity index (χ2n) is 3.02. The molecule has 2 rings (SSSR count). The number of rotatable bonds is 1. The van der Waals surface area contributed by atoms with E-state index in [1.54, 1.807) is 0 Å². The molecule has 5 nitrogen and oxygen atoms in total. The Hall–Kier alpha value is -0.940. The number of ether oxygens (including phenoxy) is 1. The van der Waals surface area contributed by atoms with Crippen molar-refractivity contribution in [1.29, 1.82) is 0 Å². The van der Waals surface area contributed by atoms with Crippen molar-refractivity contribution in [1.82, 2.24) is 15.2 Å². The Morgan fingerprint density at radius 3 is 3.00 bits per heavy atom. The summed E-state index contributed by atoms with van der Waals surface area (Å²) in [6.45, 7) is 2.57. The Bertz CT molecular complexity index is 272.